The van der Waals surface area contributed by atoms with E-state index in [2.05, 4.69) is 81.5 Å². The van der Waals surface area contributed by atoms with Crippen LogP contribution in [0.15, 0.2) is 60.8 Å². The summed E-state index contributed by atoms with van der Waals surface area (Å²) >= 11 is 0. The molecule has 0 unspecified atom stereocenters. The van der Waals surface area contributed by atoms with Gasteiger partial charge in [0, 0.05) is 19.6 Å². The second-order valence-corrected chi connectivity index (χ2v) is 7.86. The molecule has 0 amide bonds. The molecule has 0 aliphatic heterocycles. The Labute approximate surface area is 203 Å². The minimum Gasteiger partial charge on any atom is -0.457 e. The molecule has 0 aromatic carbocycles. The quantitative estimate of drug-likeness (QED) is 0.0944. The van der Waals surface area contributed by atoms with Crippen molar-refractivity contribution in [2.24, 2.45) is 0 Å². The number of allylic oxidation sites excluding steroid dienone is 10. The van der Waals surface area contributed by atoms with E-state index in [1.165, 1.54) is 0 Å². The third-order valence-corrected chi connectivity index (χ3v) is 4.51. The van der Waals surface area contributed by atoms with Gasteiger partial charge in [-0.15, -0.1) is 0 Å². The van der Waals surface area contributed by atoms with Gasteiger partial charge in [-0.3, -0.25) is 4.79 Å². The van der Waals surface area contributed by atoms with Crippen molar-refractivity contribution in [1.82, 2.24) is 0 Å². The number of esters is 1. The molecule has 0 aromatic rings. The van der Waals surface area contributed by atoms with Gasteiger partial charge in [-0.1, -0.05) is 81.5 Å². The Balaban J connectivity index is 3.83. The molecule has 0 saturated carbocycles. The lowest BCUT2D eigenvalue weighted by atomic mass is 10.2. The van der Waals surface area contributed by atoms with E-state index >= 15 is 0 Å². The van der Waals surface area contributed by atoms with Crippen molar-refractivity contribution >= 4 is 5.97 Å². The van der Waals surface area contributed by atoms with E-state index in [0.717, 1.165) is 57.8 Å². The van der Waals surface area contributed by atoms with Crippen LogP contribution in [0.5, 0.6) is 0 Å². The molecule has 0 fully saturated rings. The van der Waals surface area contributed by atoms with E-state index in [0.29, 0.717) is 32.8 Å². The highest BCUT2D eigenvalue weighted by Gasteiger charge is 2.14. The Bertz CT molecular complexity index is 562. The summed E-state index contributed by atoms with van der Waals surface area (Å²) in [6.45, 7) is 8.42. The average molecular weight is 461 g/mol. The molecule has 0 bridgehead atoms. The van der Waals surface area contributed by atoms with Gasteiger partial charge in [0.2, 0.25) is 0 Å². The molecule has 0 N–H and O–H groups in total. The van der Waals surface area contributed by atoms with Crippen LogP contribution in [0.2, 0.25) is 0 Å². The predicted octanol–water partition coefficient (Wildman–Crippen LogP) is 7.67. The molecular formula is C29H48O4. The van der Waals surface area contributed by atoms with E-state index in [1.807, 2.05) is 0 Å². The fraction of sp³-hybridized carbons (Fsp3) is 0.621. The fourth-order valence-electron chi connectivity index (χ4n) is 2.81. The number of hydrogen-bond acceptors (Lipinski definition) is 4. The Hall–Kier alpha value is -1.91. The van der Waals surface area contributed by atoms with Crippen LogP contribution >= 0.6 is 0 Å². The van der Waals surface area contributed by atoms with E-state index < -0.39 is 0 Å². The van der Waals surface area contributed by atoms with E-state index in [-0.39, 0.29) is 12.1 Å². The summed E-state index contributed by atoms with van der Waals surface area (Å²) in [4.78, 5) is 12.1. The Morgan fingerprint density at radius 3 is 1.58 bits per heavy atom. The first-order valence-electron chi connectivity index (χ1n) is 12.8. The molecule has 0 heterocycles. The molecule has 0 saturated heterocycles. The minimum absolute atomic E-state index is 0.174. The van der Waals surface area contributed by atoms with Gasteiger partial charge >= 0.3 is 5.97 Å². The highest BCUT2D eigenvalue weighted by molar-refractivity contribution is 5.69. The number of carbonyl (C=O) groups excluding carboxylic acids is 1. The van der Waals surface area contributed by atoms with Crippen LogP contribution in [-0.2, 0) is 19.0 Å². The molecular weight excluding hydrogens is 412 g/mol. The molecule has 33 heavy (non-hydrogen) atoms. The van der Waals surface area contributed by atoms with Crippen LogP contribution < -0.4 is 0 Å². The van der Waals surface area contributed by atoms with Gasteiger partial charge in [0.05, 0.1) is 13.2 Å². The van der Waals surface area contributed by atoms with Gasteiger partial charge in [-0.05, 0) is 57.8 Å². The number of carbonyl (C=O) groups is 1. The SMILES string of the molecule is CC/C=C/C/C=C/C/C=C/C/C=C/C/C=C/CCCC(=O)OC(COCCC)COCCC. The second-order valence-electron chi connectivity index (χ2n) is 7.86. The summed E-state index contributed by atoms with van der Waals surface area (Å²) in [6, 6.07) is 0. The van der Waals surface area contributed by atoms with Crippen LogP contribution in [0.3, 0.4) is 0 Å². The van der Waals surface area contributed by atoms with Crippen molar-refractivity contribution in [1.29, 1.82) is 0 Å². The third kappa shape index (κ3) is 24.6. The van der Waals surface area contributed by atoms with Crippen molar-refractivity contribution in [3.05, 3.63) is 60.8 Å². The summed E-state index contributed by atoms with van der Waals surface area (Å²) in [6.07, 6.45) is 30.6. The van der Waals surface area contributed by atoms with Crippen LogP contribution in [0.25, 0.3) is 0 Å². The summed E-state index contributed by atoms with van der Waals surface area (Å²) < 4.78 is 16.6. The van der Waals surface area contributed by atoms with E-state index in [9.17, 15) is 4.79 Å². The summed E-state index contributed by atoms with van der Waals surface area (Å²) in [5, 5.41) is 0. The average Bonchev–Trinajstić information content (AvgIpc) is 2.81. The predicted molar refractivity (Wildman–Crippen MR) is 140 cm³/mol. The van der Waals surface area contributed by atoms with Gasteiger partial charge in [0.15, 0.2) is 0 Å². The van der Waals surface area contributed by atoms with Crippen molar-refractivity contribution < 1.29 is 19.0 Å². The number of hydrogen-bond donors (Lipinski definition) is 0. The van der Waals surface area contributed by atoms with Gasteiger partial charge in [-0.2, -0.15) is 0 Å². The van der Waals surface area contributed by atoms with Crippen molar-refractivity contribution in [2.45, 2.75) is 91.1 Å². The Kier molecular flexibility index (Phi) is 24.8. The molecule has 0 aliphatic carbocycles. The molecule has 0 rings (SSSR count). The number of unbranched alkanes of at least 4 members (excludes halogenated alkanes) is 1. The first kappa shape index (κ1) is 31.1. The fourth-order valence-corrected chi connectivity index (χ4v) is 2.81. The van der Waals surface area contributed by atoms with Gasteiger partial charge in [0.25, 0.3) is 0 Å². The van der Waals surface area contributed by atoms with Crippen molar-refractivity contribution in [3.8, 4) is 0 Å². The van der Waals surface area contributed by atoms with E-state index in [1.54, 1.807) is 0 Å². The van der Waals surface area contributed by atoms with Crippen LogP contribution in [0, 0.1) is 0 Å². The highest BCUT2D eigenvalue weighted by atomic mass is 16.6. The van der Waals surface area contributed by atoms with Gasteiger partial charge in [0.1, 0.15) is 6.10 Å². The molecule has 0 spiro atoms. The first-order chi connectivity index (χ1) is 16.2. The Morgan fingerprint density at radius 1 is 0.667 bits per heavy atom. The number of ether oxygens (including phenoxy) is 3. The maximum Gasteiger partial charge on any atom is 0.306 e. The van der Waals surface area contributed by atoms with Crippen molar-refractivity contribution in [2.75, 3.05) is 26.4 Å². The summed E-state index contributed by atoms with van der Waals surface area (Å²) in [5.74, 6) is -0.174. The van der Waals surface area contributed by atoms with Crippen molar-refractivity contribution in [3.63, 3.8) is 0 Å². The lowest BCUT2D eigenvalue weighted by Gasteiger charge is -2.18. The Morgan fingerprint density at radius 2 is 1.12 bits per heavy atom. The van der Waals surface area contributed by atoms with Crippen LogP contribution in [0.4, 0.5) is 0 Å². The highest BCUT2D eigenvalue weighted by Crippen LogP contribution is 2.05. The lowest BCUT2D eigenvalue weighted by Crippen LogP contribution is -2.29. The minimum atomic E-state index is -0.315. The van der Waals surface area contributed by atoms with Gasteiger partial charge < -0.3 is 14.2 Å². The molecule has 4 nitrogen and oxygen atoms in total. The standard InChI is InChI=1S/C29H48O4/c1-4-7-8-9-10-11-12-13-14-15-16-17-18-19-20-21-22-23-29(30)33-28(26-31-24-5-2)27-32-25-6-3/h7-8,10-11,13-14,16-17,19-20,28H,4-6,9,12,15,18,21-27H2,1-3H3/b8-7+,11-10+,14-13+,17-16+,20-19+. The molecule has 0 aromatic heterocycles. The maximum absolute atomic E-state index is 12.1. The topological polar surface area (TPSA) is 44.8 Å². The molecule has 4 heteroatoms. The zero-order valence-electron chi connectivity index (χ0n) is 21.4. The van der Waals surface area contributed by atoms with Crippen LogP contribution in [0.1, 0.15) is 85.0 Å². The zero-order valence-corrected chi connectivity index (χ0v) is 21.4. The summed E-state index contributed by atoms with van der Waals surface area (Å²) in [5.41, 5.74) is 0. The first-order valence-corrected chi connectivity index (χ1v) is 12.8. The second kappa shape index (κ2) is 26.3. The third-order valence-electron chi connectivity index (χ3n) is 4.51. The molecule has 188 valence electrons. The largest absolute Gasteiger partial charge is 0.457 e. The smallest absolute Gasteiger partial charge is 0.306 e. The molecule has 0 atom stereocenters. The zero-order chi connectivity index (χ0) is 24.2. The number of rotatable bonds is 22. The van der Waals surface area contributed by atoms with Gasteiger partial charge in [-0.25, -0.2) is 0 Å². The maximum atomic E-state index is 12.1. The van der Waals surface area contributed by atoms with E-state index in [4.69, 9.17) is 14.2 Å². The summed E-state index contributed by atoms with van der Waals surface area (Å²) in [7, 11) is 0. The lowest BCUT2D eigenvalue weighted by molar-refractivity contribution is -0.156. The normalized spacial score (nSPS) is 12.6. The molecule has 0 aliphatic rings. The molecule has 0 radical (unpaired) electrons. The monoisotopic (exact) mass is 460 g/mol. The van der Waals surface area contributed by atoms with Crippen LogP contribution in [-0.4, -0.2) is 38.5 Å².